The van der Waals surface area contributed by atoms with Crippen molar-refractivity contribution >= 4 is 10.0 Å². The van der Waals surface area contributed by atoms with Crippen molar-refractivity contribution in [1.29, 1.82) is 0 Å². The molecule has 0 saturated carbocycles. The highest BCUT2D eigenvalue weighted by Crippen LogP contribution is 2.24. The van der Waals surface area contributed by atoms with Crippen LogP contribution in [0, 0.1) is 20.8 Å². The predicted molar refractivity (Wildman–Crippen MR) is 91.5 cm³/mol. The van der Waals surface area contributed by atoms with Gasteiger partial charge in [-0.2, -0.15) is 0 Å². The first-order valence-electron chi connectivity index (χ1n) is 7.52. The molecule has 0 amide bonds. The van der Waals surface area contributed by atoms with Crippen LogP contribution in [0.3, 0.4) is 0 Å². The van der Waals surface area contributed by atoms with Crippen molar-refractivity contribution < 1.29 is 13.2 Å². The Labute approximate surface area is 138 Å². The fourth-order valence-corrected chi connectivity index (χ4v) is 3.86. The quantitative estimate of drug-likeness (QED) is 0.881. The van der Waals surface area contributed by atoms with E-state index in [1.54, 1.807) is 12.1 Å². The number of ether oxygens (including phenoxy) is 1. The first kappa shape index (κ1) is 17.6. The van der Waals surface area contributed by atoms with Crippen molar-refractivity contribution in [2.45, 2.75) is 32.1 Å². The number of benzene rings is 1. The van der Waals surface area contributed by atoms with Crippen molar-refractivity contribution in [2.75, 3.05) is 13.7 Å². The van der Waals surface area contributed by atoms with Crippen LogP contribution < -0.4 is 9.46 Å². The first-order chi connectivity index (χ1) is 10.8. The van der Waals surface area contributed by atoms with Gasteiger partial charge in [0.1, 0.15) is 10.6 Å². The molecular formula is C17H24N2O3S. The molecule has 0 unspecified atom stereocenters. The van der Waals surface area contributed by atoms with Crippen molar-refractivity contribution in [3.63, 3.8) is 0 Å². The standard InChI is InChI=1S/C17H24N2O3S/c1-12-6-7-16(22-5)17(10-12)23(20,21)18-9-8-15-11-13(2)19(4)14(15)3/h6-7,10-11,18H,8-9H2,1-5H3. The summed E-state index contributed by atoms with van der Waals surface area (Å²) in [5.41, 5.74) is 4.36. The summed E-state index contributed by atoms with van der Waals surface area (Å²) in [6, 6.07) is 7.22. The van der Waals surface area contributed by atoms with Crippen molar-refractivity contribution in [3.8, 4) is 5.75 Å². The number of hydrogen-bond acceptors (Lipinski definition) is 3. The van der Waals surface area contributed by atoms with Crippen LogP contribution in [0.4, 0.5) is 0 Å². The Morgan fingerprint density at radius 1 is 1.17 bits per heavy atom. The van der Waals surface area contributed by atoms with Crippen LogP contribution in [0.1, 0.15) is 22.5 Å². The van der Waals surface area contributed by atoms with E-state index in [0.29, 0.717) is 18.7 Å². The minimum atomic E-state index is -3.59. The molecule has 0 radical (unpaired) electrons. The monoisotopic (exact) mass is 336 g/mol. The molecule has 2 aromatic rings. The normalized spacial score (nSPS) is 11.7. The summed E-state index contributed by atoms with van der Waals surface area (Å²) < 4.78 is 35.0. The van der Waals surface area contributed by atoms with Crippen LogP contribution in [0.5, 0.6) is 5.75 Å². The van der Waals surface area contributed by atoms with Crippen molar-refractivity contribution in [3.05, 3.63) is 46.8 Å². The minimum Gasteiger partial charge on any atom is -0.495 e. The zero-order valence-electron chi connectivity index (χ0n) is 14.3. The Hall–Kier alpha value is -1.79. The van der Waals surface area contributed by atoms with Gasteiger partial charge in [-0.1, -0.05) is 6.07 Å². The van der Waals surface area contributed by atoms with E-state index in [2.05, 4.69) is 15.4 Å². The van der Waals surface area contributed by atoms with E-state index in [4.69, 9.17) is 4.74 Å². The molecule has 1 N–H and O–H groups in total. The van der Waals surface area contributed by atoms with Crippen LogP contribution in [-0.4, -0.2) is 26.6 Å². The molecule has 0 bridgehead atoms. The summed E-state index contributed by atoms with van der Waals surface area (Å²) in [6.45, 7) is 6.29. The number of nitrogens with one attached hydrogen (secondary N) is 1. The summed E-state index contributed by atoms with van der Waals surface area (Å²) in [4.78, 5) is 0.181. The molecule has 1 aromatic heterocycles. The Morgan fingerprint density at radius 2 is 1.87 bits per heavy atom. The van der Waals surface area contributed by atoms with E-state index in [9.17, 15) is 8.42 Å². The van der Waals surface area contributed by atoms with E-state index in [1.165, 1.54) is 12.8 Å². The van der Waals surface area contributed by atoms with E-state index >= 15 is 0 Å². The van der Waals surface area contributed by atoms with Crippen molar-refractivity contribution in [2.24, 2.45) is 7.05 Å². The topological polar surface area (TPSA) is 60.3 Å². The van der Waals surface area contributed by atoms with Gasteiger partial charge in [-0.15, -0.1) is 0 Å². The molecule has 23 heavy (non-hydrogen) atoms. The van der Waals surface area contributed by atoms with Crippen LogP contribution in [0.25, 0.3) is 0 Å². The first-order valence-corrected chi connectivity index (χ1v) is 9.00. The summed E-state index contributed by atoms with van der Waals surface area (Å²) in [6.07, 6.45) is 0.654. The minimum absolute atomic E-state index is 0.181. The average molecular weight is 336 g/mol. The number of methoxy groups -OCH3 is 1. The zero-order chi connectivity index (χ0) is 17.2. The molecule has 0 aliphatic heterocycles. The number of aryl methyl sites for hydroxylation is 2. The van der Waals surface area contributed by atoms with Gasteiger partial charge in [0.05, 0.1) is 7.11 Å². The summed E-state index contributed by atoms with van der Waals surface area (Å²) in [5, 5.41) is 0. The summed E-state index contributed by atoms with van der Waals surface area (Å²) >= 11 is 0. The third-order valence-electron chi connectivity index (χ3n) is 4.18. The Balaban J connectivity index is 2.13. The fourth-order valence-electron chi connectivity index (χ4n) is 2.58. The lowest BCUT2D eigenvalue weighted by atomic mass is 10.2. The Bertz CT molecular complexity index is 807. The summed E-state index contributed by atoms with van der Waals surface area (Å²) in [5.74, 6) is 0.356. The molecule has 2 rings (SSSR count). The molecule has 0 aliphatic carbocycles. The maximum Gasteiger partial charge on any atom is 0.244 e. The second-order valence-electron chi connectivity index (χ2n) is 5.76. The van der Waals surface area contributed by atoms with E-state index in [0.717, 1.165) is 16.8 Å². The summed E-state index contributed by atoms with van der Waals surface area (Å²) in [7, 11) is -0.112. The highest BCUT2D eigenvalue weighted by Gasteiger charge is 2.19. The SMILES string of the molecule is COc1ccc(C)cc1S(=O)(=O)NCCc1cc(C)n(C)c1C. The lowest BCUT2D eigenvalue weighted by Crippen LogP contribution is -2.26. The highest BCUT2D eigenvalue weighted by atomic mass is 32.2. The zero-order valence-corrected chi connectivity index (χ0v) is 15.1. The van der Waals surface area contributed by atoms with E-state index in [1.807, 2.05) is 33.9 Å². The Morgan fingerprint density at radius 3 is 2.43 bits per heavy atom. The van der Waals surface area contributed by atoms with Crippen LogP contribution >= 0.6 is 0 Å². The van der Waals surface area contributed by atoms with Crippen LogP contribution in [0.2, 0.25) is 0 Å². The number of aromatic nitrogens is 1. The van der Waals surface area contributed by atoms with Gasteiger partial charge in [-0.25, -0.2) is 13.1 Å². The van der Waals surface area contributed by atoms with Gasteiger partial charge in [0, 0.05) is 25.0 Å². The van der Waals surface area contributed by atoms with E-state index < -0.39 is 10.0 Å². The van der Waals surface area contributed by atoms with Gasteiger partial charge in [0.2, 0.25) is 10.0 Å². The van der Waals surface area contributed by atoms with E-state index in [-0.39, 0.29) is 4.90 Å². The molecule has 0 aliphatic rings. The van der Waals surface area contributed by atoms with Crippen LogP contribution in [-0.2, 0) is 23.5 Å². The van der Waals surface area contributed by atoms with Gasteiger partial charge in [0.25, 0.3) is 0 Å². The molecule has 0 saturated heterocycles. The second-order valence-corrected chi connectivity index (χ2v) is 7.49. The molecule has 1 aromatic carbocycles. The second kappa shape index (κ2) is 6.76. The molecule has 0 atom stereocenters. The third kappa shape index (κ3) is 3.76. The van der Waals surface area contributed by atoms with Crippen LogP contribution in [0.15, 0.2) is 29.2 Å². The molecular weight excluding hydrogens is 312 g/mol. The van der Waals surface area contributed by atoms with Gasteiger partial charge >= 0.3 is 0 Å². The average Bonchev–Trinajstić information content (AvgIpc) is 2.74. The maximum atomic E-state index is 12.5. The lowest BCUT2D eigenvalue weighted by molar-refractivity contribution is 0.402. The molecule has 0 spiro atoms. The van der Waals surface area contributed by atoms with Gasteiger partial charge < -0.3 is 9.30 Å². The number of rotatable bonds is 6. The molecule has 5 nitrogen and oxygen atoms in total. The molecule has 0 fully saturated rings. The fraction of sp³-hybridized carbons (Fsp3) is 0.412. The number of sulfonamides is 1. The Kier molecular flexibility index (Phi) is 5.16. The molecule has 126 valence electrons. The maximum absolute atomic E-state index is 12.5. The van der Waals surface area contributed by atoms with Gasteiger partial charge in [0.15, 0.2) is 0 Å². The smallest absolute Gasteiger partial charge is 0.244 e. The van der Waals surface area contributed by atoms with Gasteiger partial charge in [-0.05, 0) is 56.5 Å². The molecule has 6 heteroatoms. The number of nitrogens with zero attached hydrogens (tertiary/aromatic N) is 1. The van der Waals surface area contributed by atoms with Gasteiger partial charge in [-0.3, -0.25) is 0 Å². The third-order valence-corrected chi connectivity index (χ3v) is 5.66. The largest absolute Gasteiger partial charge is 0.495 e. The number of hydrogen-bond donors (Lipinski definition) is 1. The molecule has 1 heterocycles. The van der Waals surface area contributed by atoms with Crippen molar-refractivity contribution in [1.82, 2.24) is 9.29 Å². The lowest BCUT2D eigenvalue weighted by Gasteiger charge is -2.11. The predicted octanol–water partition coefficient (Wildman–Crippen LogP) is 2.48. The highest BCUT2D eigenvalue weighted by molar-refractivity contribution is 7.89.